The molecule has 0 radical (unpaired) electrons. The van der Waals surface area contributed by atoms with Crippen molar-refractivity contribution in [3.8, 4) is 5.75 Å². The summed E-state index contributed by atoms with van der Waals surface area (Å²) in [7, 11) is 0. The van der Waals surface area contributed by atoms with Crippen molar-refractivity contribution in [1.82, 2.24) is 5.32 Å². The number of carbonyl (C=O) groups is 1. The number of halogens is 2. The van der Waals surface area contributed by atoms with Crippen LogP contribution in [0.2, 0.25) is 10.0 Å². The highest BCUT2D eigenvalue weighted by molar-refractivity contribution is 7.98. The van der Waals surface area contributed by atoms with Crippen LogP contribution in [0.25, 0.3) is 0 Å². The summed E-state index contributed by atoms with van der Waals surface area (Å²) in [5.41, 5.74) is 3.29. The van der Waals surface area contributed by atoms with Gasteiger partial charge in [0.1, 0.15) is 5.75 Å². The van der Waals surface area contributed by atoms with Gasteiger partial charge in [-0.15, -0.1) is 0 Å². The third-order valence-corrected chi connectivity index (χ3v) is 5.55. The number of hydrogen-bond donors (Lipinski definition) is 1. The zero-order valence-electron chi connectivity index (χ0n) is 15.9. The van der Waals surface area contributed by atoms with E-state index in [0.29, 0.717) is 23.0 Å². The number of carbonyl (C=O) groups excluding carboxylic acids is 1. The molecule has 0 aromatic heterocycles. The van der Waals surface area contributed by atoms with Crippen LogP contribution in [0, 0.1) is 13.8 Å². The first-order valence-electron chi connectivity index (χ1n) is 8.93. The van der Waals surface area contributed by atoms with Crippen LogP contribution in [-0.2, 0) is 10.5 Å². The second kappa shape index (κ2) is 10.8. The van der Waals surface area contributed by atoms with Crippen molar-refractivity contribution in [2.75, 3.05) is 12.3 Å². The van der Waals surface area contributed by atoms with Crippen molar-refractivity contribution in [1.29, 1.82) is 0 Å². The third kappa shape index (κ3) is 7.28. The Balaban J connectivity index is 1.76. The molecule has 3 nitrogen and oxygen atoms in total. The predicted molar refractivity (Wildman–Crippen MR) is 116 cm³/mol. The van der Waals surface area contributed by atoms with Crippen LogP contribution in [0.3, 0.4) is 0 Å². The summed E-state index contributed by atoms with van der Waals surface area (Å²) in [5.74, 6) is 2.23. The Morgan fingerprint density at radius 1 is 1.15 bits per heavy atom. The first-order valence-corrected chi connectivity index (χ1v) is 10.8. The number of thioether (sulfide) groups is 1. The van der Waals surface area contributed by atoms with E-state index >= 15 is 0 Å². The Bertz CT molecular complexity index is 763. The van der Waals surface area contributed by atoms with Gasteiger partial charge in [0.25, 0.3) is 5.91 Å². The molecule has 0 saturated carbocycles. The first-order chi connectivity index (χ1) is 12.9. The molecule has 146 valence electrons. The molecule has 0 aliphatic rings. The lowest BCUT2D eigenvalue weighted by Crippen LogP contribution is -2.39. The standard InChI is InChI=1S/C21H25Cl2NO2S/c1-4-20(26-18-10-14(2)9-15(3)11-18)21(25)24-7-8-27-13-16-5-6-17(22)12-19(16)23/h5-6,9-12,20H,4,7-8,13H2,1-3H3,(H,24,25)/t20-/m0/s1. The maximum absolute atomic E-state index is 12.4. The van der Waals surface area contributed by atoms with Crippen molar-refractivity contribution in [2.45, 2.75) is 39.0 Å². The number of benzene rings is 2. The summed E-state index contributed by atoms with van der Waals surface area (Å²) in [4.78, 5) is 12.4. The zero-order valence-corrected chi connectivity index (χ0v) is 18.2. The molecular formula is C21H25Cl2NO2S. The monoisotopic (exact) mass is 425 g/mol. The van der Waals surface area contributed by atoms with Crippen molar-refractivity contribution in [3.05, 3.63) is 63.1 Å². The molecule has 0 aliphatic heterocycles. The van der Waals surface area contributed by atoms with E-state index in [9.17, 15) is 4.79 Å². The Labute approximate surface area is 175 Å². The molecule has 0 heterocycles. The van der Waals surface area contributed by atoms with Crippen molar-refractivity contribution >= 4 is 40.9 Å². The molecule has 27 heavy (non-hydrogen) atoms. The van der Waals surface area contributed by atoms with E-state index in [1.807, 2.05) is 45.0 Å². The van der Waals surface area contributed by atoms with Gasteiger partial charge < -0.3 is 10.1 Å². The molecular weight excluding hydrogens is 401 g/mol. The fraction of sp³-hybridized carbons (Fsp3) is 0.381. The highest BCUT2D eigenvalue weighted by Crippen LogP contribution is 2.24. The largest absolute Gasteiger partial charge is 0.481 e. The lowest BCUT2D eigenvalue weighted by Gasteiger charge is -2.18. The molecule has 2 aromatic rings. The first kappa shape index (κ1) is 21.9. The molecule has 2 rings (SSSR count). The van der Waals surface area contributed by atoms with E-state index in [-0.39, 0.29) is 5.91 Å². The number of amides is 1. The van der Waals surface area contributed by atoms with E-state index in [4.69, 9.17) is 27.9 Å². The van der Waals surface area contributed by atoms with Gasteiger partial charge in [0.2, 0.25) is 0 Å². The minimum atomic E-state index is -0.484. The molecule has 0 aliphatic carbocycles. The fourth-order valence-corrected chi connectivity index (χ4v) is 4.09. The van der Waals surface area contributed by atoms with Crippen molar-refractivity contribution in [3.63, 3.8) is 0 Å². The lowest BCUT2D eigenvalue weighted by molar-refractivity contribution is -0.127. The summed E-state index contributed by atoms with van der Waals surface area (Å²) in [6, 6.07) is 11.5. The maximum atomic E-state index is 12.4. The minimum absolute atomic E-state index is 0.0817. The molecule has 6 heteroatoms. The quantitative estimate of drug-likeness (QED) is 0.514. The Morgan fingerprint density at radius 2 is 1.85 bits per heavy atom. The third-order valence-electron chi connectivity index (χ3n) is 3.96. The molecule has 0 unspecified atom stereocenters. The normalized spacial score (nSPS) is 11.9. The number of rotatable bonds is 9. The van der Waals surface area contributed by atoms with Crippen LogP contribution >= 0.6 is 35.0 Å². The number of nitrogens with one attached hydrogen (secondary N) is 1. The van der Waals surface area contributed by atoms with Crippen molar-refractivity contribution < 1.29 is 9.53 Å². The highest BCUT2D eigenvalue weighted by atomic mass is 35.5. The average Bonchev–Trinajstić information content (AvgIpc) is 2.60. The Morgan fingerprint density at radius 3 is 2.48 bits per heavy atom. The molecule has 1 amide bonds. The fourth-order valence-electron chi connectivity index (χ4n) is 2.67. The average molecular weight is 426 g/mol. The molecule has 0 bridgehead atoms. The van der Waals surface area contributed by atoms with E-state index in [1.165, 1.54) is 0 Å². The predicted octanol–water partition coefficient (Wildman–Crippen LogP) is 5.82. The van der Waals surface area contributed by atoms with Gasteiger partial charge in [0.15, 0.2) is 6.10 Å². The summed E-state index contributed by atoms with van der Waals surface area (Å²) < 4.78 is 5.89. The van der Waals surface area contributed by atoms with E-state index in [1.54, 1.807) is 17.8 Å². The second-order valence-electron chi connectivity index (χ2n) is 6.42. The van der Waals surface area contributed by atoms with Crippen LogP contribution < -0.4 is 10.1 Å². The van der Waals surface area contributed by atoms with Crippen LogP contribution in [-0.4, -0.2) is 24.3 Å². The van der Waals surface area contributed by atoms with Crippen LogP contribution in [0.4, 0.5) is 0 Å². The second-order valence-corrected chi connectivity index (χ2v) is 8.37. The molecule has 0 spiro atoms. The zero-order chi connectivity index (χ0) is 19.8. The van der Waals surface area contributed by atoms with Gasteiger partial charge >= 0.3 is 0 Å². The lowest BCUT2D eigenvalue weighted by atomic mass is 10.1. The molecule has 1 N–H and O–H groups in total. The summed E-state index contributed by atoms with van der Waals surface area (Å²) in [6.45, 7) is 6.57. The molecule has 1 atom stereocenters. The number of hydrogen-bond acceptors (Lipinski definition) is 3. The van der Waals surface area contributed by atoms with Crippen LogP contribution in [0.15, 0.2) is 36.4 Å². The number of ether oxygens (including phenoxy) is 1. The van der Waals surface area contributed by atoms with Gasteiger partial charge in [0.05, 0.1) is 0 Å². The summed E-state index contributed by atoms with van der Waals surface area (Å²) in [6.07, 6.45) is 0.133. The topological polar surface area (TPSA) is 38.3 Å². The number of aryl methyl sites for hydroxylation is 2. The van der Waals surface area contributed by atoms with Crippen LogP contribution in [0.1, 0.15) is 30.0 Å². The highest BCUT2D eigenvalue weighted by Gasteiger charge is 2.18. The Kier molecular flexibility index (Phi) is 8.81. The van der Waals surface area contributed by atoms with E-state index in [2.05, 4.69) is 11.4 Å². The summed E-state index contributed by atoms with van der Waals surface area (Å²) in [5, 5.41) is 4.26. The van der Waals surface area contributed by atoms with E-state index in [0.717, 1.165) is 33.9 Å². The van der Waals surface area contributed by atoms with Gasteiger partial charge in [-0.2, -0.15) is 11.8 Å². The van der Waals surface area contributed by atoms with Gasteiger partial charge in [0, 0.05) is 28.1 Å². The van der Waals surface area contributed by atoms with Crippen LogP contribution in [0.5, 0.6) is 5.75 Å². The summed E-state index contributed by atoms with van der Waals surface area (Å²) >= 11 is 13.8. The van der Waals surface area contributed by atoms with Gasteiger partial charge in [-0.05, 0) is 61.2 Å². The smallest absolute Gasteiger partial charge is 0.261 e. The molecule has 0 saturated heterocycles. The van der Waals surface area contributed by atoms with Gasteiger partial charge in [-0.3, -0.25) is 4.79 Å². The van der Waals surface area contributed by atoms with Crippen molar-refractivity contribution in [2.24, 2.45) is 0 Å². The van der Waals surface area contributed by atoms with Gasteiger partial charge in [-0.25, -0.2) is 0 Å². The Hall–Kier alpha value is -1.36. The molecule has 0 fully saturated rings. The minimum Gasteiger partial charge on any atom is -0.481 e. The van der Waals surface area contributed by atoms with Gasteiger partial charge in [-0.1, -0.05) is 42.3 Å². The van der Waals surface area contributed by atoms with E-state index < -0.39 is 6.10 Å². The molecule has 2 aromatic carbocycles. The SMILES string of the molecule is CC[C@H](Oc1cc(C)cc(C)c1)C(=O)NCCSCc1ccc(Cl)cc1Cl. The maximum Gasteiger partial charge on any atom is 0.261 e.